The van der Waals surface area contributed by atoms with Gasteiger partial charge in [0, 0.05) is 50.0 Å². The van der Waals surface area contributed by atoms with Crippen molar-refractivity contribution in [1.29, 1.82) is 0 Å². The summed E-state index contributed by atoms with van der Waals surface area (Å²) in [4.78, 5) is 4.04. The highest BCUT2D eigenvalue weighted by Gasteiger charge is 2.04. The van der Waals surface area contributed by atoms with Crippen molar-refractivity contribution < 1.29 is 0 Å². The lowest BCUT2D eigenvalue weighted by atomic mass is 10.3. The van der Waals surface area contributed by atoms with Gasteiger partial charge in [-0.25, -0.2) is 4.98 Å². The Morgan fingerprint density at radius 3 is 3.00 bits per heavy atom. The molecule has 2 rings (SSSR count). The zero-order valence-corrected chi connectivity index (χ0v) is 10.5. The van der Waals surface area contributed by atoms with Crippen LogP contribution in [-0.2, 0) is 19.6 Å². The molecule has 0 radical (unpaired) electrons. The molecule has 0 aliphatic carbocycles. The van der Waals surface area contributed by atoms with Crippen LogP contribution < -0.4 is 5.32 Å². The molecule has 4 heteroatoms. The molecule has 4 nitrogen and oxygen atoms in total. The van der Waals surface area contributed by atoms with Crippen molar-refractivity contribution in [2.24, 2.45) is 0 Å². The summed E-state index contributed by atoms with van der Waals surface area (Å²) in [6.45, 7) is 7.25. The highest BCUT2D eigenvalue weighted by atomic mass is 15.1. The van der Waals surface area contributed by atoms with Gasteiger partial charge in [-0.2, -0.15) is 0 Å². The first kappa shape index (κ1) is 11.9. The number of aryl methyl sites for hydroxylation is 1. The van der Waals surface area contributed by atoms with Gasteiger partial charge in [0.05, 0.1) is 6.33 Å². The fraction of sp³-hybridized carbons (Fsp3) is 0.462. The number of aromatic nitrogens is 3. The van der Waals surface area contributed by atoms with Crippen LogP contribution in [0, 0.1) is 0 Å². The Labute approximate surface area is 102 Å². The maximum Gasteiger partial charge on any atom is 0.0946 e. The van der Waals surface area contributed by atoms with Crippen molar-refractivity contribution in [3.63, 3.8) is 0 Å². The maximum absolute atomic E-state index is 4.04. The van der Waals surface area contributed by atoms with E-state index in [1.54, 1.807) is 0 Å². The van der Waals surface area contributed by atoms with Crippen molar-refractivity contribution in [1.82, 2.24) is 19.4 Å². The molecule has 0 saturated heterocycles. The highest BCUT2D eigenvalue weighted by Crippen LogP contribution is 2.02. The molecule has 2 aromatic rings. The van der Waals surface area contributed by atoms with Gasteiger partial charge in [0.2, 0.25) is 0 Å². The standard InChI is InChI=1S/C13H20N4/c1-3-17-7-4-5-13(17)9-15-12(2)10-16-8-6-14-11-16/h4-8,11-12,15H,3,9-10H2,1-2H3. The van der Waals surface area contributed by atoms with E-state index in [0.717, 1.165) is 19.6 Å². The molecule has 1 atom stereocenters. The summed E-state index contributed by atoms with van der Waals surface area (Å²) in [7, 11) is 0. The molecule has 0 fully saturated rings. The SMILES string of the molecule is CCn1cccc1CNC(C)Cn1ccnc1. The topological polar surface area (TPSA) is 34.8 Å². The number of imidazole rings is 1. The van der Waals surface area contributed by atoms with Crippen LogP contribution in [0.15, 0.2) is 37.1 Å². The molecule has 2 aromatic heterocycles. The van der Waals surface area contributed by atoms with E-state index in [9.17, 15) is 0 Å². The predicted octanol–water partition coefficient (Wildman–Crippen LogP) is 1.88. The van der Waals surface area contributed by atoms with Crippen molar-refractivity contribution in [3.05, 3.63) is 42.7 Å². The first-order valence-electron chi connectivity index (χ1n) is 6.12. The van der Waals surface area contributed by atoms with Crippen LogP contribution in [-0.4, -0.2) is 20.2 Å². The van der Waals surface area contributed by atoms with E-state index in [-0.39, 0.29) is 0 Å². The Morgan fingerprint density at radius 1 is 1.41 bits per heavy atom. The minimum absolute atomic E-state index is 0.435. The molecule has 92 valence electrons. The van der Waals surface area contributed by atoms with E-state index in [2.05, 4.69) is 51.6 Å². The summed E-state index contributed by atoms with van der Waals surface area (Å²) in [6, 6.07) is 4.70. The zero-order valence-electron chi connectivity index (χ0n) is 10.5. The molecule has 0 spiro atoms. The quantitative estimate of drug-likeness (QED) is 0.825. The smallest absolute Gasteiger partial charge is 0.0946 e. The van der Waals surface area contributed by atoms with Crippen molar-refractivity contribution in [3.8, 4) is 0 Å². The number of hydrogen-bond acceptors (Lipinski definition) is 2. The van der Waals surface area contributed by atoms with E-state index in [4.69, 9.17) is 0 Å². The number of hydrogen-bond donors (Lipinski definition) is 1. The Balaban J connectivity index is 1.82. The van der Waals surface area contributed by atoms with Crippen LogP contribution in [0.3, 0.4) is 0 Å². The molecule has 1 N–H and O–H groups in total. The number of rotatable bonds is 6. The van der Waals surface area contributed by atoms with Crippen molar-refractivity contribution in [2.75, 3.05) is 0 Å². The Hall–Kier alpha value is -1.55. The molecule has 17 heavy (non-hydrogen) atoms. The van der Waals surface area contributed by atoms with E-state index in [1.165, 1.54) is 5.69 Å². The fourth-order valence-corrected chi connectivity index (χ4v) is 1.97. The minimum atomic E-state index is 0.435. The fourth-order valence-electron chi connectivity index (χ4n) is 1.97. The zero-order chi connectivity index (χ0) is 12.1. The second-order valence-corrected chi connectivity index (χ2v) is 4.33. The average molecular weight is 232 g/mol. The summed E-state index contributed by atoms with van der Waals surface area (Å²) < 4.78 is 4.35. The predicted molar refractivity (Wildman–Crippen MR) is 68.6 cm³/mol. The Kier molecular flexibility index (Phi) is 3.98. The molecule has 0 aromatic carbocycles. The van der Waals surface area contributed by atoms with Gasteiger partial charge in [-0.05, 0) is 26.0 Å². The molecule has 1 unspecified atom stereocenters. The van der Waals surface area contributed by atoms with Gasteiger partial charge >= 0.3 is 0 Å². The van der Waals surface area contributed by atoms with Crippen LogP contribution in [0.4, 0.5) is 0 Å². The Bertz CT molecular complexity index is 430. The molecule has 0 aliphatic heterocycles. The monoisotopic (exact) mass is 232 g/mol. The lowest BCUT2D eigenvalue weighted by molar-refractivity contribution is 0.467. The van der Waals surface area contributed by atoms with E-state index < -0.39 is 0 Å². The van der Waals surface area contributed by atoms with Gasteiger partial charge in [-0.1, -0.05) is 0 Å². The van der Waals surface area contributed by atoms with Crippen LogP contribution in [0.2, 0.25) is 0 Å². The van der Waals surface area contributed by atoms with Crippen LogP contribution in [0.1, 0.15) is 19.5 Å². The molecular weight excluding hydrogens is 212 g/mol. The average Bonchev–Trinajstić information content (AvgIpc) is 2.96. The molecule has 0 bridgehead atoms. The maximum atomic E-state index is 4.04. The van der Waals surface area contributed by atoms with Crippen LogP contribution in [0.5, 0.6) is 0 Å². The normalized spacial score (nSPS) is 12.8. The Morgan fingerprint density at radius 2 is 2.29 bits per heavy atom. The van der Waals surface area contributed by atoms with Gasteiger partial charge < -0.3 is 14.5 Å². The minimum Gasteiger partial charge on any atom is -0.351 e. The first-order chi connectivity index (χ1) is 8.29. The third kappa shape index (κ3) is 3.20. The largest absolute Gasteiger partial charge is 0.351 e. The lowest BCUT2D eigenvalue weighted by Crippen LogP contribution is -2.30. The van der Waals surface area contributed by atoms with Gasteiger partial charge in [0.1, 0.15) is 0 Å². The van der Waals surface area contributed by atoms with Gasteiger partial charge in [0.25, 0.3) is 0 Å². The van der Waals surface area contributed by atoms with Gasteiger partial charge in [0.15, 0.2) is 0 Å². The molecular formula is C13H20N4. The van der Waals surface area contributed by atoms with Crippen molar-refractivity contribution in [2.45, 2.75) is 39.5 Å². The summed E-state index contributed by atoms with van der Waals surface area (Å²) in [5.74, 6) is 0. The third-order valence-corrected chi connectivity index (χ3v) is 2.94. The third-order valence-electron chi connectivity index (χ3n) is 2.94. The number of nitrogens with zero attached hydrogens (tertiary/aromatic N) is 3. The second-order valence-electron chi connectivity index (χ2n) is 4.33. The van der Waals surface area contributed by atoms with E-state index in [0.29, 0.717) is 6.04 Å². The van der Waals surface area contributed by atoms with Crippen molar-refractivity contribution >= 4 is 0 Å². The molecule has 0 aliphatic rings. The van der Waals surface area contributed by atoms with Crippen LogP contribution >= 0.6 is 0 Å². The summed E-state index contributed by atoms with van der Waals surface area (Å²) in [6.07, 6.45) is 7.78. The molecule has 2 heterocycles. The summed E-state index contributed by atoms with van der Waals surface area (Å²) in [5.41, 5.74) is 1.34. The molecule has 0 saturated carbocycles. The summed E-state index contributed by atoms with van der Waals surface area (Å²) >= 11 is 0. The molecule has 0 amide bonds. The van der Waals surface area contributed by atoms with Crippen LogP contribution in [0.25, 0.3) is 0 Å². The van der Waals surface area contributed by atoms with E-state index in [1.807, 2.05) is 18.7 Å². The summed E-state index contributed by atoms with van der Waals surface area (Å²) in [5, 5.41) is 3.53. The van der Waals surface area contributed by atoms with E-state index >= 15 is 0 Å². The number of nitrogens with one attached hydrogen (secondary N) is 1. The van der Waals surface area contributed by atoms with Gasteiger partial charge in [-0.3, -0.25) is 0 Å². The first-order valence-corrected chi connectivity index (χ1v) is 6.12. The lowest BCUT2D eigenvalue weighted by Gasteiger charge is -2.15. The second kappa shape index (κ2) is 5.68. The van der Waals surface area contributed by atoms with Gasteiger partial charge in [-0.15, -0.1) is 0 Å². The highest BCUT2D eigenvalue weighted by molar-refractivity contribution is 5.06.